The lowest BCUT2D eigenvalue weighted by atomic mass is 10.0. The predicted molar refractivity (Wildman–Crippen MR) is 289 cm³/mol. The van der Waals surface area contributed by atoms with Crippen molar-refractivity contribution in [3.05, 3.63) is 24.3 Å². The fraction of sp³-hybridized carbons (Fsp3) is 0.885. The van der Waals surface area contributed by atoms with Gasteiger partial charge in [-0.25, -0.2) is 0 Å². The van der Waals surface area contributed by atoms with E-state index in [1.165, 1.54) is 225 Å². The first-order chi connectivity index (χ1) is 33.0. The molecule has 0 aromatic carbocycles. The number of ether oxygens (including phenoxy) is 3. The molecule has 0 spiro atoms. The molecule has 0 N–H and O–H groups in total. The summed E-state index contributed by atoms with van der Waals surface area (Å²) in [5.74, 6) is -0.847. The second-order valence-electron chi connectivity index (χ2n) is 20.3. The average Bonchev–Trinajstić information content (AvgIpc) is 3.33. The summed E-state index contributed by atoms with van der Waals surface area (Å²) in [5.41, 5.74) is 0. The predicted octanol–water partition coefficient (Wildman–Crippen LogP) is 19.9. The molecule has 0 fully saturated rings. The highest BCUT2D eigenvalue weighted by atomic mass is 16.6. The molecule has 0 rings (SSSR count). The normalized spacial score (nSPS) is 12.1. The summed E-state index contributed by atoms with van der Waals surface area (Å²) in [5, 5.41) is 0. The molecule has 0 amide bonds. The number of unbranched alkanes of at least 4 members (excludes halogenated alkanes) is 40. The fourth-order valence-corrected chi connectivity index (χ4v) is 8.95. The van der Waals surface area contributed by atoms with Crippen LogP contribution in [0.1, 0.15) is 329 Å². The Morgan fingerprint density at radius 1 is 0.299 bits per heavy atom. The van der Waals surface area contributed by atoms with Gasteiger partial charge in [0, 0.05) is 19.3 Å². The van der Waals surface area contributed by atoms with Crippen molar-refractivity contribution >= 4 is 17.9 Å². The Bertz CT molecular complexity index is 1080. The summed E-state index contributed by atoms with van der Waals surface area (Å²) in [6.45, 7) is 6.67. The number of rotatable bonds is 55. The van der Waals surface area contributed by atoms with Crippen LogP contribution in [-0.2, 0) is 28.6 Å². The van der Waals surface area contributed by atoms with Gasteiger partial charge in [0.1, 0.15) is 13.2 Å². The summed E-state index contributed by atoms with van der Waals surface area (Å²) in [4.78, 5) is 38.2. The van der Waals surface area contributed by atoms with E-state index in [1.54, 1.807) is 0 Å². The Balaban J connectivity index is 4.30. The zero-order chi connectivity index (χ0) is 48.6. The quantitative estimate of drug-likeness (QED) is 0.0262. The number of hydrogen-bond donors (Lipinski definition) is 0. The first-order valence-corrected chi connectivity index (χ1v) is 29.8. The third-order valence-corrected chi connectivity index (χ3v) is 13.5. The van der Waals surface area contributed by atoms with Crippen LogP contribution in [0.2, 0.25) is 0 Å². The summed E-state index contributed by atoms with van der Waals surface area (Å²) in [6, 6.07) is 0. The maximum atomic E-state index is 12.9. The van der Waals surface area contributed by atoms with Crippen LogP contribution in [0, 0.1) is 0 Å². The second-order valence-corrected chi connectivity index (χ2v) is 20.3. The third kappa shape index (κ3) is 54.7. The van der Waals surface area contributed by atoms with Crippen LogP contribution >= 0.6 is 0 Å². The maximum absolute atomic E-state index is 12.9. The number of hydrogen-bond acceptors (Lipinski definition) is 6. The van der Waals surface area contributed by atoms with Crippen LogP contribution in [-0.4, -0.2) is 37.2 Å². The molecule has 0 bridgehead atoms. The van der Waals surface area contributed by atoms with E-state index in [0.29, 0.717) is 19.3 Å². The van der Waals surface area contributed by atoms with Crippen molar-refractivity contribution in [2.45, 2.75) is 335 Å². The Kier molecular flexibility index (Phi) is 54.7. The van der Waals surface area contributed by atoms with E-state index in [4.69, 9.17) is 14.2 Å². The van der Waals surface area contributed by atoms with Crippen molar-refractivity contribution in [2.75, 3.05) is 13.2 Å². The number of esters is 3. The van der Waals surface area contributed by atoms with Crippen LogP contribution in [0.3, 0.4) is 0 Å². The van der Waals surface area contributed by atoms with Crippen LogP contribution in [0.5, 0.6) is 0 Å². The zero-order valence-electron chi connectivity index (χ0n) is 45.2. The smallest absolute Gasteiger partial charge is 0.306 e. The molecule has 0 aliphatic carbocycles. The van der Waals surface area contributed by atoms with E-state index >= 15 is 0 Å². The van der Waals surface area contributed by atoms with Gasteiger partial charge in [-0.15, -0.1) is 0 Å². The topological polar surface area (TPSA) is 78.9 Å². The molecule has 67 heavy (non-hydrogen) atoms. The van der Waals surface area contributed by atoms with Crippen LogP contribution < -0.4 is 0 Å². The van der Waals surface area contributed by atoms with Crippen molar-refractivity contribution in [1.29, 1.82) is 0 Å². The molecule has 6 heteroatoms. The molecule has 0 saturated carbocycles. The van der Waals surface area contributed by atoms with Gasteiger partial charge in [-0.05, 0) is 51.4 Å². The molecule has 0 radical (unpaired) electrons. The lowest BCUT2D eigenvalue weighted by Gasteiger charge is -2.18. The van der Waals surface area contributed by atoms with Gasteiger partial charge in [0.2, 0.25) is 0 Å². The minimum Gasteiger partial charge on any atom is -0.462 e. The van der Waals surface area contributed by atoms with E-state index in [1.807, 2.05) is 0 Å². The van der Waals surface area contributed by atoms with Crippen molar-refractivity contribution in [3.63, 3.8) is 0 Å². The molecule has 0 aromatic heterocycles. The highest BCUT2D eigenvalue weighted by molar-refractivity contribution is 5.71. The van der Waals surface area contributed by atoms with E-state index in [-0.39, 0.29) is 31.1 Å². The number of allylic oxidation sites excluding steroid dienone is 4. The van der Waals surface area contributed by atoms with Gasteiger partial charge in [-0.3, -0.25) is 14.4 Å². The van der Waals surface area contributed by atoms with Crippen LogP contribution in [0.25, 0.3) is 0 Å². The van der Waals surface area contributed by atoms with Gasteiger partial charge in [0.25, 0.3) is 0 Å². The van der Waals surface area contributed by atoms with Gasteiger partial charge < -0.3 is 14.2 Å². The summed E-state index contributed by atoms with van der Waals surface area (Å²) < 4.78 is 16.9. The minimum absolute atomic E-state index is 0.0666. The maximum Gasteiger partial charge on any atom is 0.306 e. The Hall–Kier alpha value is -2.11. The molecule has 0 aliphatic heterocycles. The van der Waals surface area contributed by atoms with Crippen molar-refractivity contribution in [1.82, 2.24) is 0 Å². The largest absolute Gasteiger partial charge is 0.462 e. The van der Waals surface area contributed by atoms with Crippen LogP contribution in [0.4, 0.5) is 0 Å². The lowest BCUT2D eigenvalue weighted by molar-refractivity contribution is -0.167. The summed E-state index contributed by atoms with van der Waals surface area (Å²) in [7, 11) is 0. The molecule has 1 atom stereocenters. The van der Waals surface area contributed by atoms with Gasteiger partial charge in [0.05, 0.1) is 0 Å². The molecule has 0 saturated heterocycles. The first kappa shape index (κ1) is 64.9. The van der Waals surface area contributed by atoms with Gasteiger partial charge in [0.15, 0.2) is 6.10 Å². The fourth-order valence-electron chi connectivity index (χ4n) is 8.95. The molecule has 0 aromatic rings. The minimum atomic E-state index is -0.767. The average molecular weight is 944 g/mol. The molecule has 0 heterocycles. The standard InChI is InChI=1S/C61H114O6/c1-4-7-10-13-16-19-22-25-27-29-30-32-33-36-39-42-45-48-51-54-60(63)66-57-58(56-65-59(62)53-50-47-44-41-38-35-24-21-18-15-12-9-6-3)67-61(64)55-52-49-46-43-40-37-34-31-28-26-23-20-17-14-11-8-5-2/h16,19,25,27,58H,4-15,17-18,20-24,26,28-57H2,1-3H3/b19-16-,27-25-/t58-/m0/s1. The van der Waals surface area contributed by atoms with Gasteiger partial charge in [-0.2, -0.15) is 0 Å². The number of carbonyl (C=O) groups is 3. The Labute approximate surface area is 417 Å². The zero-order valence-corrected chi connectivity index (χ0v) is 45.2. The molecular formula is C61H114O6. The third-order valence-electron chi connectivity index (χ3n) is 13.5. The summed E-state index contributed by atoms with van der Waals surface area (Å²) in [6.07, 6.45) is 65.9. The highest BCUT2D eigenvalue weighted by Gasteiger charge is 2.19. The molecule has 0 unspecified atom stereocenters. The summed E-state index contributed by atoms with van der Waals surface area (Å²) >= 11 is 0. The number of carbonyl (C=O) groups excluding carboxylic acids is 3. The monoisotopic (exact) mass is 943 g/mol. The van der Waals surface area contributed by atoms with Gasteiger partial charge in [-0.1, -0.05) is 283 Å². The Morgan fingerprint density at radius 3 is 0.851 bits per heavy atom. The molecule has 6 nitrogen and oxygen atoms in total. The van der Waals surface area contributed by atoms with Crippen LogP contribution in [0.15, 0.2) is 24.3 Å². The van der Waals surface area contributed by atoms with E-state index < -0.39 is 6.10 Å². The van der Waals surface area contributed by atoms with E-state index in [2.05, 4.69) is 45.1 Å². The SMILES string of the molecule is CCCCC/C=C\C/C=C\CCCCCCCCCCCC(=O)OC[C@H](COC(=O)CCCCCCCCCCCCCCC)OC(=O)CCCCCCCCCCCCCCCCCCC. The van der Waals surface area contributed by atoms with E-state index in [0.717, 1.165) is 64.2 Å². The Morgan fingerprint density at radius 2 is 0.537 bits per heavy atom. The van der Waals surface area contributed by atoms with Gasteiger partial charge >= 0.3 is 17.9 Å². The highest BCUT2D eigenvalue weighted by Crippen LogP contribution is 2.17. The first-order valence-electron chi connectivity index (χ1n) is 29.8. The molecular weight excluding hydrogens is 829 g/mol. The molecule has 0 aliphatic rings. The van der Waals surface area contributed by atoms with E-state index in [9.17, 15) is 14.4 Å². The lowest BCUT2D eigenvalue weighted by Crippen LogP contribution is -2.30. The van der Waals surface area contributed by atoms with Crippen molar-refractivity contribution in [2.24, 2.45) is 0 Å². The second kappa shape index (κ2) is 56.5. The van der Waals surface area contributed by atoms with Crippen molar-refractivity contribution in [3.8, 4) is 0 Å². The van der Waals surface area contributed by atoms with Crippen molar-refractivity contribution < 1.29 is 28.6 Å². The molecule has 394 valence electrons.